The van der Waals surface area contributed by atoms with Crippen LogP contribution >= 0.6 is 65.4 Å². The van der Waals surface area contributed by atoms with E-state index in [4.69, 9.17) is 12.2 Å². The Morgan fingerprint density at radius 1 is 1.23 bits per heavy atom. The molecular formula is C14H13BrFI2N3S. The van der Waals surface area contributed by atoms with Crippen molar-refractivity contribution in [3.63, 3.8) is 0 Å². The Hall–Kier alpha value is -0.0700. The summed E-state index contributed by atoms with van der Waals surface area (Å²) in [5.74, 6) is 0.472. The van der Waals surface area contributed by atoms with Crippen LogP contribution < -0.4 is 10.6 Å². The summed E-state index contributed by atoms with van der Waals surface area (Å²) >= 11 is 12.7. The van der Waals surface area contributed by atoms with E-state index in [0.29, 0.717) is 29.5 Å². The zero-order valence-corrected chi connectivity index (χ0v) is 18.0. The first-order valence-corrected chi connectivity index (χ1v) is 13.7. The van der Waals surface area contributed by atoms with Crippen molar-refractivity contribution < 1.29 is 4.39 Å². The smallest absolute Gasteiger partial charge is 0.171 e. The minimum atomic E-state index is -0.192. The Labute approximate surface area is 166 Å². The average molecular weight is 608 g/mol. The first-order valence-electron chi connectivity index (χ1n) is 6.19. The summed E-state index contributed by atoms with van der Waals surface area (Å²) in [5.41, 5.74) is 0.671. The molecule has 0 saturated heterocycles. The van der Waals surface area contributed by atoms with Crippen LogP contribution in [-0.4, -0.2) is 16.6 Å². The van der Waals surface area contributed by atoms with E-state index in [1.165, 1.54) is 6.07 Å². The van der Waals surface area contributed by atoms with Crippen LogP contribution in [0.3, 0.4) is 0 Å². The first kappa shape index (κ1) is 20.0. The van der Waals surface area contributed by atoms with Crippen LogP contribution in [0.25, 0.3) is 0 Å². The number of hydrogen-bond acceptors (Lipinski definition) is 2. The van der Waals surface area contributed by atoms with Gasteiger partial charge in [0.2, 0.25) is 0 Å². The molecule has 0 spiro atoms. The number of anilines is 1. The summed E-state index contributed by atoms with van der Waals surface area (Å²) in [5, 5.41) is 6.46. The predicted octanol–water partition coefficient (Wildman–Crippen LogP) is 5.28. The van der Waals surface area contributed by atoms with Gasteiger partial charge in [-0.1, -0.05) is 18.2 Å². The summed E-state index contributed by atoms with van der Waals surface area (Å²) in [6.45, 7) is 0.559. The number of pyridine rings is 1. The summed E-state index contributed by atoms with van der Waals surface area (Å²) in [6, 6.07) is 10.4. The highest BCUT2D eigenvalue weighted by atomic mass is 128. The van der Waals surface area contributed by atoms with Gasteiger partial charge in [-0.2, -0.15) is 0 Å². The van der Waals surface area contributed by atoms with Gasteiger partial charge in [0.05, 0.1) is 0 Å². The van der Waals surface area contributed by atoms with Crippen LogP contribution in [0.15, 0.2) is 47.1 Å². The molecule has 0 aliphatic rings. The molecule has 0 aliphatic carbocycles. The summed E-state index contributed by atoms with van der Waals surface area (Å²) in [4.78, 5) is 4.15. The van der Waals surface area contributed by atoms with Crippen molar-refractivity contribution in [2.75, 3.05) is 11.9 Å². The van der Waals surface area contributed by atoms with E-state index in [1.54, 1.807) is 18.3 Å². The van der Waals surface area contributed by atoms with Gasteiger partial charge in [-0.15, -0.1) is 0 Å². The molecule has 0 aliphatic heterocycles. The Balaban J connectivity index is 0.00000116. The van der Waals surface area contributed by atoms with Crippen LogP contribution in [0.2, 0.25) is 0 Å². The van der Waals surface area contributed by atoms with Gasteiger partial charge in [0.1, 0.15) is 11.6 Å². The maximum Gasteiger partial charge on any atom is 0.171 e. The van der Waals surface area contributed by atoms with Crippen molar-refractivity contribution in [3.8, 4) is 0 Å². The van der Waals surface area contributed by atoms with E-state index in [9.17, 15) is 4.39 Å². The lowest BCUT2D eigenvalue weighted by atomic mass is 10.1. The second-order valence-electron chi connectivity index (χ2n) is 4.08. The Bertz CT molecular complexity index is 599. The lowest BCUT2D eigenvalue weighted by Gasteiger charge is -2.10. The lowest BCUT2D eigenvalue weighted by Crippen LogP contribution is -2.30. The average Bonchev–Trinajstić information content (AvgIpc) is 2.53. The molecule has 0 amide bonds. The molecule has 22 heavy (non-hydrogen) atoms. The number of rotatable bonds is 4. The molecule has 0 bridgehead atoms. The number of aromatic nitrogens is 1. The largest absolute Gasteiger partial charge is 0.362 e. The molecule has 3 nitrogen and oxygen atoms in total. The van der Waals surface area contributed by atoms with Crippen LogP contribution in [0.1, 0.15) is 5.56 Å². The molecule has 0 fully saturated rings. The van der Waals surface area contributed by atoms with E-state index in [-0.39, 0.29) is 5.82 Å². The van der Waals surface area contributed by atoms with E-state index in [1.807, 2.05) is 18.2 Å². The molecule has 2 rings (SSSR count). The van der Waals surface area contributed by atoms with E-state index in [2.05, 4.69) is 68.8 Å². The molecule has 0 atom stereocenters. The molecule has 2 N–H and O–H groups in total. The van der Waals surface area contributed by atoms with Crippen LogP contribution in [0.5, 0.6) is 0 Å². The molecule has 1 aromatic carbocycles. The number of thiocarbonyl (C=S) groups is 1. The maximum absolute atomic E-state index is 13.4. The molecule has 118 valence electrons. The highest BCUT2D eigenvalue weighted by molar-refractivity contribution is 15.0. The van der Waals surface area contributed by atoms with E-state index < -0.39 is 0 Å². The predicted molar refractivity (Wildman–Crippen MR) is 114 cm³/mol. The van der Waals surface area contributed by atoms with Gasteiger partial charge in [0.15, 0.2) is 5.11 Å². The van der Waals surface area contributed by atoms with Crippen LogP contribution in [-0.2, 0) is 6.42 Å². The normalized spacial score (nSPS) is 9.45. The summed E-state index contributed by atoms with van der Waals surface area (Å²) in [6.07, 6.45) is 2.26. The van der Waals surface area contributed by atoms with Gasteiger partial charge in [-0.05, 0) is 58.3 Å². The molecule has 8 heteroatoms. The first-order chi connectivity index (χ1) is 10.6. The summed E-state index contributed by atoms with van der Waals surface area (Å²) < 4.78 is 14.3. The van der Waals surface area contributed by atoms with Crippen molar-refractivity contribution in [1.82, 2.24) is 10.3 Å². The van der Waals surface area contributed by atoms with Gasteiger partial charge in [0, 0.05) is 54.4 Å². The zero-order chi connectivity index (χ0) is 16.4. The third-order valence-corrected chi connectivity index (χ3v) is 3.32. The monoisotopic (exact) mass is 607 g/mol. The van der Waals surface area contributed by atoms with Gasteiger partial charge < -0.3 is 10.6 Å². The quantitative estimate of drug-likeness (QED) is 0.366. The molecule has 2 aromatic rings. The highest BCUT2D eigenvalue weighted by Gasteiger charge is 2.02. The van der Waals surface area contributed by atoms with Crippen molar-refractivity contribution in [3.05, 3.63) is 58.4 Å². The third kappa shape index (κ3) is 7.47. The Kier molecular flexibility index (Phi) is 10.4. The highest BCUT2D eigenvalue weighted by Crippen LogP contribution is 2.10. The number of hydrogen-bond donors (Lipinski definition) is 2. The maximum atomic E-state index is 13.4. The van der Waals surface area contributed by atoms with Gasteiger partial charge >= 0.3 is 0 Å². The number of nitrogens with zero attached hydrogens (tertiary/aromatic N) is 1. The van der Waals surface area contributed by atoms with Crippen molar-refractivity contribution in [2.24, 2.45) is 0 Å². The van der Waals surface area contributed by atoms with Crippen LogP contribution in [0.4, 0.5) is 10.2 Å². The Morgan fingerprint density at radius 2 is 1.95 bits per heavy atom. The molecule has 0 radical (unpaired) electrons. The fourth-order valence-corrected chi connectivity index (χ4v) is 2.06. The molecule has 1 aromatic heterocycles. The van der Waals surface area contributed by atoms with Gasteiger partial charge in [-0.3, -0.25) is 0 Å². The number of benzene rings is 1. The lowest BCUT2D eigenvalue weighted by molar-refractivity contribution is 0.607. The summed E-state index contributed by atoms with van der Waals surface area (Å²) in [7, 11) is 0. The number of halogens is 4. The van der Waals surface area contributed by atoms with Gasteiger partial charge in [-0.25, -0.2) is 9.37 Å². The van der Waals surface area contributed by atoms with Crippen molar-refractivity contribution in [1.29, 1.82) is 0 Å². The fraction of sp³-hybridized carbons (Fsp3) is 0.143. The second kappa shape index (κ2) is 11.5. The second-order valence-corrected chi connectivity index (χ2v) is 5.41. The third-order valence-electron chi connectivity index (χ3n) is 2.61. The standard InChI is InChI=1S/C14H13BrFN3S.I2/c15-11-5-6-13(18-9-11)19-14(20)17-8-7-10-3-1-2-4-12(10)16;1-2/h1-6,9H,7-8H2,(H2,17,18,19,20);. The molecule has 1 heterocycles. The molecule has 0 saturated carbocycles. The molecule has 0 unspecified atom stereocenters. The Morgan fingerprint density at radius 3 is 2.59 bits per heavy atom. The number of nitrogens with one attached hydrogen (secondary N) is 2. The van der Waals surface area contributed by atoms with Crippen molar-refractivity contribution >= 4 is 76.3 Å². The van der Waals surface area contributed by atoms with Crippen molar-refractivity contribution in [2.45, 2.75) is 6.42 Å². The fourth-order valence-electron chi connectivity index (χ4n) is 1.62. The van der Waals surface area contributed by atoms with Gasteiger partial charge in [0.25, 0.3) is 0 Å². The minimum absolute atomic E-state index is 0.192. The minimum Gasteiger partial charge on any atom is -0.362 e. The zero-order valence-electron chi connectivity index (χ0n) is 11.3. The van der Waals surface area contributed by atoms with Crippen LogP contribution in [0, 0.1) is 5.82 Å². The molecular weight excluding hydrogens is 595 g/mol. The SMILES string of the molecule is Fc1ccccc1CCNC(=S)Nc1ccc(Br)cn1.II. The van der Waals surface area contributed by atoms with E-state index in [0.717, 1.165) is 4.47 Å². The van der Waals surface area contributed by atoms with E-state index >= 15 is 0 Å². The topological polar surface area (TPSA) is 37.0 Å².